The van der Waals surface area contributed by atoms with Gasteiger partial charge in [0.2, 0.25) is 0 Å². The largest absolute Gasteiger partial charge is 0.394 e. The third-order valence-electron chi connectivity index (χ3n) is 1.77. The van der Waals surface area contributed by atoms with Crippen molar-refractivity contribution < 1.29 is 30.3 Å². The number of nitrogens with one attached hydrogen (secondary N) is 1. The zero-order valence-corrected chi connectivity index (χ0v) is 7.66. The summed E-state index contributed by atoms with van der Waals surface area (Å²) >= 11 is 0. The number of likely N-dealkylation sites (N-methyl/N-ethyl adjacent to an activating group) is 1. The first-order valence-corrected chi connectivity index (χ1v) is 4.00. The van der Waals surface area contributed by atoms with Gasteiger partial charge in [-0.1, -0.05) is 0 Å². The molecule has 84 valence electrons. The van der Waals surface area contributed by atoms with Gasteiger partial charge in [-0.2, -0.15) is 0 Å². The average molecular weight is 209 g/mol. The fraction of sp³-hybridized carbons (Fsp3) is 0.857. The molecule has 0 saturated heterocycles. The number of aliphatic hydroxyl groups excluding tert-OH is 5. The first kappa shape index (κ1) is 13.3. The minimum atomic E-state index is -1.85. The summed E-state index contributed by atoms with van der Waals surface area (Å²) in [5.41, 5.74) is 0. The average Bonchev–Trinajstić information content (AvgIpc) is 2.23. The van der Waals surface area contributed by atoms with Crippen molar-refractivity contribution in [3.63, 3.8) is 0 Å². The van der Waals surface area contributed by atoms with E-state index in [1.165, 1.54) is 7.05 Å². The van der Waals surface area contributed by atoms with Crippen LogP contribution in [0, 0.1) is 0 Å². The van der Waals surface area contributed by atoms with Crippen molar-refractivity contribution in [1.82, 2.24) is 5.32 Å². The molecule has 0 aromatic heterocycles. The maximum atomic E-state index is 10.8. The lowest BCUT2D eigenvalue weighted by Gasteiger charge is -2.24. The molecule has 0 aromatic carbocycles. The number of carbonyl (C=O) groups is 1. The molecular formula is C7H15NO6. The zero-order chi connectivity index (χ0) is 11.3. The van der Waals surface area contributed by atoms with Crippen molar-refractivity contribution >= 4 is 5.91 Å². The third kappa shape index (κ3) is 3.20. The molecule has 0 aliphatic heterocycles. The second kappa shape index (κ2) is 5.89. The van der Waals surface area contributed by atoms with Gasteiger partial charge in [-0.15, -0.1) is 0 Å². The molecule has 0 aromatic rings. The van der Waals surface area contributed by atoms with Gasteiger partial charge in [0, 0.05) is 7.05 Å². The number of amides is 1. The first-order chi connectivity index (χ1) is 6.45. The summed E-state index contributed by atoms with van der Waals surface area (Å²) in [5.74, 6) is -0.887. The predicted octanol–water partition coefficient (Wildman–Crippen LogP) is -3.83. The first-order valence-electron chi connectivity index (χ1n) is 4.00. The van der Waals surface area contributed by atoms with E-state index in [9.17, 15) is 4.79 Å². The van der Waals surface area contributed by atoms with Gasteiger partial charge in [0.25, 0.3) is 5.91 Å². The van der Waals surface area contributed by atoms with Crippen LogP contribution in [0.1, 0.15) is 0 Å². The molecule has 0 saturated carbocycles. The molecule has 7 nitrogen and oxygen atoms in total. The number of aliphatic hydroxyl groups is 5. The molecule has 0 rings (SSSR count). The van der Waals surface area contributed by atoms with Crippen LogP contribution >= 0.6 is 0 Å². The minimum absolute atomic E-state index is 0.779. The SMILES string of the molecule is CNC(=O)[C@@H](O)[C@H](O)[C@H](O)[C@H](O)CO. The fourth-order valence-electron chi connectivity index (χ4n) is 0.825. The number of carbonyl (C=O) groups excluding carboxylic acids is 1. The van der Waals surface area contributed by atoms with Crippen LogP contribution in [0.4, 0.5) is 0 Å². The van der Waals surface area contributed by atoms with Crippen molar-refractivity contribution in [2.45, 2.75) is 24.4 Å². The van der Waals surface area contributed by atoms with Crippen LogP contribution in [0.5, 0.6) is 0 Å². The molecule has 6 N–H and O–H groups in total. The Hall–Kier alpha value is -0.730. The van der Waals surface area contributed by atoms with Gasteiger partial charge < -0.3 is 30.8 Å². The van der Waals surface area contributed by atoms with Gasteiger partial charge in [-0.05, 0) is 0 Å². The van der Waals surface area contributed by atoms with Gasteiger partial charge in [0.15, 0.2) is 6.10 Å². The summed E-state index contributed by atoms with van der Waals surface area (Å²) in [6.07, 6.45) is -7.09. The summed E-state index contributed by atoms with van der Waals surface area (Å²) in [6, 6.07) is 0. The molecule has 0 aliphatic rings. The molecule has 0 radical (unpaired) electrons. The summed E-state index contributed by atoms with van der Waals surface area (Å²) < 4.78 is 0. The summed E-state index contributed by atoms with van der Waals surface area (Å²) in [6.45, 7) is -0.779. The highest BCUT2D eigenvalue weighted by atomic mass is 16.4. The molecule has 7 heteroatoms. The van der Waals surface area contributed by atoms with E-state index in [0.29, 0.717) is 0 Å². The Bertz CT molecular complexity index is 187. The Morgan fingerprint density at radius 3 is 2.07 bits per heavy atom. The van der Waals surface area contributed by atoms with Crippen LogP contribution in [0.2, 0.25) is 0 Å². The van der Waals surface area contributed by atoms with Gasteiger partial charge >= 0.3 is 0 Å². The van der Waals surface area contributed by atoms with Crippen molar-refractivity contribution in [1.29, 1.82) is 0 Å². The van der Waals surface area contributed by atoms with Crippen LogP contribution in [-0.4, -0.2) is 69.5 Å². The monoisotopic (exact) mass is 209 g/mol. The lowest BCUT2D eigenvalue weighted by Crippen LogP contribution is -2.51. The highest BCUT2D eigenvalue weighted by Gasteiger charge is 2.33. The molecule has 14 heavy (non-hydrogen) atoms. The topological polar surface area (TPSA) is 130 Å². The molecule has 0 aliphatic carbocycles. The van der Waals surface area contributed by atoms with Crippen molar-refractivity contribution in [3.05, 3.63) is 0 Å². The molecule has 0 bridgehead atoms. The summed E-state index contributed by atoms with van der Waals surface area (Å²) in [4.78, 5) is 10.8. The number of hydrogen-bond acceptors (Lipinski definition) is 6. The summed E-state index contributed by atoms with van der Waals surface area (Å²) in [7, 11) is 1.24. The van der Waals surface area contributed by atoms with E-state index < -0.39 is 36.9 Å². The quantitative estimate of drug-likeness (QED) is 0.275. The van der Waals surface area contributed by atoms with Crippen LogP contribution in [0.15, 0.2) is 0 Å². The normalized spacial score (nSPS) is 19.6. The summed E-state index contributed by atoms with van der Waals surface area (Å²) in [5, 5.41) is 46.7. The van der Waals surface area contributed by atoms with Crippen molar-refractivity contribution in [2.75, 3.05) is 13.7 Å². The molecule has 0 fully saturated rings. The molecule has 4 atom stereocenters. The maximum absolute atomic E-state index is 10.8. The lowest BCUT2D eigenvalue weighted by molar-refractivity contribution is -0.148. The van der Waals surface area contributed by atoms with Gasteiger partial charge in [-0.3, -0.25) is 4.79 Å². The second-order valence-electron chi connectivity index (χ2n) is 2.79. The Morgan fingerprint density at radius 2 is 1.71 bits per heavy atom. The Labute approximate surface area is 80.6 Å². The predicted molar refractivity (Wildman–Crippen MR) is 45.2 cm³/mol. The van der Waals surface area contributed by atoms with Crippen LogP contribution in [-0.2, 0) is 4.79 Å². The zero-order valence-electron chi connectivity index (χ0n) is 7.66. The van der Waals surface area contributed by atoms with E-state index in [0.717, 1.165) is 0 Å². The van der Waals surface area contributed by atoms with Gasteiger partial charge in [0.05, 0.1) is 6.61 Å². The number of hydrogen-bond donors (Lipinski definition) is 6. The molecular weight excluding hydrogens is 194 g/mol. The van der Waals surface area contributed by atoms with E-state index in [4.69, 9.17) is 25.5 Å². The Morgan fingerprint density at radius 1 is 1.21 bits per heavy atom. The second-order valence-corrected chi connectivity index (χ2v) is 2.79. The molecule has 0 heterocycles. The lowest BCUT2D eigenvalue weighted by atomic mass is 10.0. The van der Waals surface area contributed by atoms with Crippen LogP contribution in [0.25, 0.3) is 0 Å². The maximum Gasteiger partial charge on any atom is 0.251 e. The standard InChI is InChI=1S/C7H15NO6/c1-8-7(14)6(13)5(12)4(11)3(10)2-9/h3-6,9-13H,2H2,1H3,(H,8,14)/t3-,4-,5-,6+/m1/s1. The van der Waals surface area contributed by atoms with E-state index in [2.05, 4.69) is 5.32 Å². The van der Waals surface area contributed by atoms with E-state index in [1.54, 1.807) is 0 Å². The Kier molecular flexibility index (Phi) is 5.58. The minimum Gasteiger partial charge on any atom is -0.394 e. The number of rotatable bonds is 5. The fourth-order valence-corrected chi connectivity index (χ4v) is 0.825. The van der Waals surface area contributed by atoms with Gasteiger partial charge in [-0.25, -0.2) is 0 Å². The van der Waals surface area contributed by atoms with E-state index in [-0.39, 0.29) is 0 Å². The highest BCUT2D eigenvalue weighted by molar-refractivity contribution is 5.80. The Balaban J connectivity index is 4.30. The van der Waals surface area contributed by atoms with E-state index in [1.807, 2.05) is 0 Å². The van der Waals surface area contributed by atoms with E-state index >= 15 is 0 Å². The van der Waals surface area contributed by atoms with Crippen LogP contribution in [0.3, 0.4) is 0 Å². The molecule has 0 spiro atoms. The van der Waals surface area contributed by atoms with Crippen LogP contribution < -0.4 is 5.32 Å². The van der Waals surface area contributed by atoms with Crippen molar-refractivity contribution in [3.8, 4) is 0 Å². The smallest absolute Gasteiger partial charge is 0.251 e. The van der Waals surface area contributed by atoms with Crippen molar-refractivity contribution in [2.24, 2.45) is 0 Å². The van der Waals surface area contributed by atoms with Gasteiger partial charge in [0.1, 0.15) is 18.3 Å². The molecule has 0 unspecified atom stereocenters. The third-order valence-corrected chi connectivity index (χ3v) is 1.77. The highest BCUT2D eigenvalue weighted by Crippen LogP contribution is 2.04. The molecule has 1 amide bonds.